The molecule has 3 rings (SSSR count). The molecule has 122 valence electrons. The molecule has 0 spiro atoms. The molecule has 2 atom stereocenters. The standard InChI is InChI=1S/C15H29N3O2S/c1-15(2)9-12(15)10-17-21(19,20)18-8-4-3-5-14(18)11-16-13-6-7-13/h12-14,16-17H,3-11H2,1-2H3. The van der Waals surface area contributed by atoms with Crippen LogP contribution in [0.5, 0.6) is 0 Å². The first-order valence-electron chi connectivity index (χ1n) is 8.38. The molecular formula is C15H29N3O2S. The second-order valence-electron chi connectivity index (χ2n) is 7.69. The molecule has 6 heteroatoms. The minimum absolute atomic E-state index is 0.129. The average Bonchev–Trinajstić information content (AvgIpc) is 3.33. The second kappa shape index (κ2) is 5.80. The van der Waals surface area contributed by atoms with Crippen molar-refractivity contribution in [3.05, 3.63) is 0 Å². The van der Waals surface area contributed by atoms with E-state index in [2.05, 4.69) is 23.9 Å². The summed E-state index contributed by atoms with van der Waals surface area (Å²) in [6, 6.07) is 0.765. The lowest BCUT2D eigenvalue weighted by Crippen LogP contribution is -2.52. The van der Waals surface area contributed by atoms with Gasteiger partial charge in [0.1, 0.15) is 0 Å². The van der Waals surface area contributed by atoms with Crippen LogP contribution in [-0.2, 0) is 10.2 Å². The van der Waals surface area contributed by atoms with Gasteiger partial charge in [0, 0.05) is 31.7 Å². The molecule has 0 bridgehead atoms. The van der Waals surface area contributed by atoms with E-state index in [0.29, 0.717) is 30.5 Å². The Bertz CT molecular complexity index is 473. The molecule has 0 radical (unpaired) electrons. The molecule has 1 heterocycles. The molecule has 2 saturated carbocycles. The Morgan fingerprint density at radius 2 is 1.86 bits per heavy atom. The summed E-state index contributed by atoms with van der Waals surface area (Å²) in [5, 5.41) is 3.48. The number of rotatable bonds is 7. The molecule has 1 saturated heterocycles. The molecule has 21 heavy (non-hydrogen) atoms. The van der Waals surface area contributed by atoms with E-state index in [-0.39, 0.29) is 6.04 Å². The first-order chi connectivity index (χ1) is 9.88. The van der Waals surface area contributed by atoms with E-state index in [0.717, 1.165) is 32.2 Å². The van der Waals surface area contributed by atoms with E-state index in [1.54, 1.807) is 4.31 Å². The highest BCUT2D eigenvalue weighted by atomic mass is 32.2. The number of piperidine rings is 1. The Labute approximate surface area is 129 Å². The van der Waals surface area contributed by atoms with Gasteiger partial charge >= 0.3 is 0 Å². The molecule has 3 aliphatic rings. The van der Waals surface area contributed by atoms with E-state index in [1.165, 1.54) is 12.8 Å². The van der Waals surface area contributed by atoms with Crippen LogP contribution in [-0.4, -0.2) is 44.4 Å². The van der Waals surface area contributed by atoms with Crippen LogP contribution in [0.1, 0.15) is 52.4 Å². The number of nitrogens with zero attached hydrogens (tertiary/aromatic N) is 1. The quantitative estimate of drug-likeness (QED) is 0.748. The molecule has 0 amide bonds. The molecule has 1 aliphatic heterocycles. The number of hydrogen-bond acceptors (Lipinski definition) is 3. The van der Waals surface area contributed by atoms with Crippen molar-refractivity contribution in [2.45, 2.75) is 64.5 Å². The summed E-state index contributed by atoms with van der Waals surface area (Å²) in [5.41, 5.74) is 0.317. The smallest absolute Gasteiger partial charge is 0.279 e. The lowest BCUT2D eigenvalue weighted by atomic mass is 10.1. The van der Waals surface area contributed by atoms with Gasteiger partial charge in [-0.25, -0.2) is 4.72 Å². The van der Waals surface area contributed by atoms with Gasteiger partial charge in [-0.15, -0.1) is 0 Å². The van der Waals surface area contributed by atoms with Crippen LogP contribution in [0.15, 0.2) is 0 Å². The van der Waals surface area contributed by atoms with Gasteiger partial charge in [0.15, 0.2) is 0 Å². The van der Waals surface area contributed by atoms with Gasteiger partial charge in [0.2, 0.25) is 0 Å². The van der Waals surface area contributed by atoms with Gasteiger partial charge in [0.05, 0.1) is 0 Å². The normalized spacial score (nSPS) is 33.0. The molecule has 0 aromatic rings. The lowest BCUT2D eigenvalue weighted by Gasteiger charge is -2.34. The van der Waals surface area contributed by atoms with Crippen LogP contribution in [0.4, 0.5) is 0 Å². The summed E-state index contributed by atoms with van der Waals surface area (Å²) in [5.74, 6) is 0.500. The van der Waals surface area contributed by atoms with Gasteiger partial charge in [-0.1, -0.05) is 20.3 Å². The maximum atomic E-state index is 12.6. The van der Waals surface area contributed by atoms with E-state index in [1.807, 2.05) is 0 Å². The van der Waals surface area contributed by atoms with Gasteiger partial charge in [-0.3, -0.25) is 0 Å². The van der Waals surface area contributed by atoms with Gasteiger partial charge in [-0.05, 0) is 43.4 Å². The van der Waals surface area contributed by atoms with Crippen LogP contribution in [0, 0.1) is 11.3 Å². The monoisotopic (exact) mass is 315 g/mol. The highest BCUT2D eigenvalue weighted by molar-refractivity contribution is 7.87. The maximum absolute atomic E-state index is 12.6. The summed E-state index contributed by atoms with van der Waals surface area (Å²) < 4.78 is 29.7. The first kappa shape index (κ1) is 15.7. The second-order valence-corrected chi connectivity index (χ2v) is 9.39. The van der Waals surface area contributed by atoms with E-state index < -0.39 is 10.2 Å². The maximum Gasteiger partial charge on any atom is 0.279 e. The summed E-state index contributed by atoms with van der Waals surface area (Å²) >= 11 is 0. The Morgan fingerprint density at radius 1 is 1.14 bits per heavy atom. The molecule has 2 N–H and O–H groups in total. The number of hydrogen-bond donors (Lipinski definition) is 2. The SMILES string of the molecule is CC1(C)CC1CNS(=O)(=O)N1CCCCC1CNC1CC1. The highest BCUT2D eigenvalue weighted by Gasteiger charge is 2.46. The Kier molecular flexibility index (Phi) is 4.34. The van der Waals surface area contributed by atoms with Crippen LogP contribution in [0.3, 0.4) is 0 Å². The van der Waals surface area contributed by atoms with Crippen LogP contribution < -0.4 is 10.0 Å². The zero-order chi connectivity index (χ0) is 15.1. The van der Waals surface area contributed by atoms with Crippen molar-refractivity contribution in [2.75, 3.05) is 19.6 Å². The summed E-state index contributed by atoms with van der Waals surface area (Å²) in [4.78, 5) is 0. The van der Waals surface area contributed by atoms with Gasteiger partial charge < -0.3 is 5.32 Å². The van der Waals surface area contributed by atoms with E-state index in [4.69, 9.17) is 0 Å². The highest BCUT2D eigenvalue weighted by Crippen LogP contribution is 2.51. The topological polar surface area (TPSA) is 61.4 Å². The van der Waals surface area contributed by atoms with Crippen molar-refractivity contribution < 1.29 is 8.42 Å². The zero-order valence-electron chi connectivity index (χ0n) is 13.3. The van der Waals surface area contributed by atoms with Crippen molar-refractivity contribution in [3.8, 4) is 0 Å². The van der Waals surface area contributed by atoms with Crippen molar-refractivity contribution >= 4 is 10.2 Å². The fourth-order valence-corrected chi connectivity index (χ4v) is 4.82. The lowest BCUT2D eigenvalue weighted by molar-refractivity contribution is 0.242. The molecule has 2 unspecified atom stereocenters. The first-order valence-corrected chi connectivity index (χ1v) is 9.82. The van der Waals surface area contributed by atoms with Crippen LogP contribution in [0.2, 0.25) is 0 Å². The van der Waals surface area contributed by atoms with Gasteiger partial charge in [-0.2, -0.15) is 12.7 Å². The van der Waals surface area contributed by atoms with Crippen molar-refractivity contribution in [1.29, 1.82) is 0 Å². The molecule has 0 aromatic carbocycles. The fraction of sp³-hybridized carbons (Fsp3) is 1.00. The van der Waals surface area contributed by atoms with Crippen molar-refractivity contribution in [1.82, 2.24) is 14.3 Å². The number of nitrogens with one attached hydrogen (secondary N) is 2. The predicted molar refractivity (Wildman–Crippen MR) is 84.2 cm³/mol. The molecule has 0 aromatic heterocycles. The summed E-state index contributed by atoms with van der Waals surface area (Å²) in [6.07, 6.45) is 6.72. The van der Waals surface area contributed by atoms with E-state index in [9.17, 15) is 8.42 Å². The largest absolute Gasteiger partial charge is 0.312 e. The Morgan fingerprint density at radius 3 is 2.48 bits per heavy atom. The van der Waals surface area contributed by atoms with Crippen molar-refractivity contribution in [2.24, 2.45) is 11.3 Å². The summed E-state index contributed by atoms with van der Waals surface area (Å²) in [7, 11) is -3.32. The van der Waals surface area contributed by atoms with Crippen molar-refractivity contribution in [3.63, 3.8) is 0 Å². The molecule has 3 fully saturated rings. The third-order valence-electron chi connectivity index (χ3n) is 5.33. The molecule has 2 aliphatic carbocycles. The fourth-order valence-electron chi connectivity index (χ4n) is 3.30. The molecule has 5 nitrogen and oxygen atoms in total. The summed E-state index contributed by atoms with van der Waals surface area (Å²) in [6.45, 7) is 6.47. The van der Waals surface area contributed by atoms with Crippen LogP contribution >= 0.6 is 0 Å². The third-order valence-corrected chi connectivity index (χ3v) is 6.96. The Hall–Kier alpha value is -0.170. The van der Waals surface area contributed by atoms with Crippen LogP contribution in [0.25, 0.3) is 0 Å². The zero-order valence-corrected chi connectivity index (χ0v) is 14.1. The molecular weight excluding hydrogens is 286 g/mol. The minimum atomic E-state index is -3.32. The third kappa shape index (κ3) is 3.97. The Balaban J connectivity index is 1.55. The predicted octanol–water partition coefficient (Wildman–Crippen LogP) is 1.47. The van der Waals surface area contributed by atoms with Gasteiger partial charge in [0.25, 0.3) is 10.2 Å². The average molecular weight is 315 g/mol. The van der Waals surface area contributed by atoms with E-state index >= 15 is 0 Å². The minimum Gasteiger partial charge on any atom is -0.312 e.